The molecule has 0 amide bonds. The van der Waals surface area contributed by atoms with Crippen molar-refractivity contribution in [2.75, 3.05) is 26.8 Å². The van der Waals surface area contributed by atoms with Gasteiger partial charge in [-0.15, -0.1) is 0 Å². The second-order valence-corrected chi connectivity index (χ2v) is 5.42. The fourth-order valence-electron chi connectivity index (χ4n) is 2.48. The van der Waals surface area contributed by atoms with Crippen LogP contribution in [0, 0.1) is 5.41 Å². The Labute approximate surface area is 97.6 Å². The van der Waals surface area contributed by atoms with Crippen molar-refractivity contribution in [3.05, 3.63) is 0 Å². The van der Waals surface area contributed by atoms with Gasteiger partial charge in [0.1, 0.15) is 0 Å². The Morgan fingerprint density at radius 3 is 2.69 bits per heavy atom. The molecule has 0 saturated heterocycles. The lowest BCUT2D eigenvalue weighted by atomic mass is 9.91. The number of rotatable bonds is 6. The quantitative estimate of drug-likeness (QED) is 0.751. The third-order valence-corrected chi connectivity index (χ3v) is 3.38. The number of hydrogen-bond acceptors (Lipinski definition) is 3. The topological polar surface area (TPSA) is 49.8 Å². The summed E-state index contributed by atoms with van der Waals surface area (Å²) in [6, 6.07) is 0.404. The summed E-state index contributed by atoms with van der Waals surface area (Å²) in [6.07, 6.45) is 3.37. The first-order chi connectivity index (χ1) is 7.44. The van der Waals surface area contributed by atoms with Crippen LogP contribution in [0.1, 0.15) is 33.1 Å². The SMILES string of the molecule is COCCN(CC(=O)O)C1CCC(C)(C)C1. The lowest BCUT2D eigenvalue weighted by Gasteiger charge is -2.28. The number of carboxylic acid groups (broad SMARTS) is 1. The fraction of sp³-hybridized carbons (Fsp3) is 0.917. The minimum absolute atomic E-state index is 0.129. The highest BCUT2D eigenvalue weighted by Gasteiger charge is 2.34. The summed E-state index contributed by atoms with van der Waals surface area (Å²) >= 11 is 0. The average Bonchev–Trinajstić information content (AvgIpc) is 2.52. The smallest absolute Gasteiger partial charge is 0.317 e. The van der Waals surface area contributed by atoms with Gasteiger partial charge in [-0.1, -0.05) is 13.8 Å². The summed E-state index contributed by atoms with van der Waals surface area (Å²) in [5, 5.41) is 8.89. The molecular weight excluding hydrogens is 206 g/mol. The van der Waals surface area contributed by atoms with Crippen LogP contribution in [0.2, 0.25) is 0 Å². The first-order valence-corrected chi connectivity index (χ1v) is 5.89. The highest BCUT2D eigenvalue weighted by molar-refractivity contribution is 5.69. The van der Waals surface area contributed by atoms with Crippen molar-refractivity contribution < 1.29 is 14.6 Å². The maximum absolute atomic E-state index is 10.8. The van der Waals surface area contributed by atoms with E-state index >= 15 is 0 Å². The van der Waals surface area contributed by atoms with Crippen LogP contribution < -0.4 is 0 Å². The van der Waals surface area contributed by atoms with Gasteiger partial charge in [-0.2, -0.15) is 0 Å². The van der Waals surface area contributed by atoms with Gasteiger partial charge in [-0.3, -0.25) is 9.69 Å². The largest absolute Gasteiger partial charge is 0.480 e. The standard InChI is InChI=1S/C12H23NO3/c1-12(2)5-4-10(8-12)13(6-7-16-3)9-11(14)15/h10H,4-9H2,1-3H3,(H,14,15). The molecule has 1 fully saturated rings. The van der Waals surface area contributed by atoms with Gasteiger partial charge in [0.25, 0.3) is 0 Å². The highest BCUT2D eigenvalue weighted by atomic mass is 16.5. The Balaban J connectivity index is 2.51. The molecular formula is C12H23NO3. The van der Waals surface area contributed by atoms with Gasteiger partial charge in [0, 0.05) is 19.7 Å². The predicted molar refractivity (Wildman–Crippen MR) is 62.5 cm³/mol. The van der Waals surface area contributed by atoms with E-state index in [-0.39, 0.29) is 6.54 Å². The first kappa shape index (κ1) is 13.5. The highest BCUT2D eigenvalue weighted by Crippen LogP contribution is 2.39. The zero-order chi connectivity index (χ0) is 12.2. The molecule has 0 bridgehead atoms. The molecule has 1 unspecified atom stereocenters. The van der Waals surface area contributed by atoms with Crippen molar-refractivity contribution in [1.29, 1.82) is 0 Å². The summed E-state index contributed by atoms with van der Waals surface area (Å²) in [7, 11) is 1.65. The molecule has 0 heterocycles. The van der Waals surface area contributed by atoms with Gasteiger partial charge in [0.05, 0.1) is 13.2 Å². The van der Waals surface area contributed by atoms with E-state index in [2.05, 4.69) is 13.8 Å². The second kappa shape index (κ2) is 5.64. The Morgan fingerprint density at radius 2 is 2.25 bits per heavy atom. The number of carboxylic acids is 1. The Kier molecular flexibility index (Phi) is 4.74. The van der Waals surface area contributed by atoms with Crippen molar-refractivity contribution in [2.45, 2.75) is 39.2 Å². The Morgan fingerprint density at radius 1 is 1.56 bits per heavy atom. The molecule has 1 aliphatic carbocycles. The molecule has 0 aromatic rings. The molecule has 0 spiro atoms. The minimum Gasteiger partial charge on any atom is -0.480 e. The summed E-state index contributed by atoms with van der Waals surface area (Å²) in [5.74, 6) is -0.749. The van der Waals surface area contributed by atoms with Crippen LogP contribution in [0.5, 0.6) is 0 Å². The number of carbonyl (C=O) groups is 1. The molecule has 0 aromatic heterocycles. The van der Waals surface area contributed by atoms with Gasteiger partial charge in [-0.05, 0) is 24.7 Å². The normalized spacial score (nSPS) is 23.9. The van der Waals surface area contributed by atoms with Crippen LogP contribution in [0.4, 0.5) is 0 Å². The molecule has 1 atom stereocenters. The Bertz CT molecular complexity index is 240. The zero-order valence-electron chi connectivity index (χ0n) is 10.5. The van der Waals surface area contributed by atoms with Crippen molar-refractivity contribution in [3.8, 4) is 0 Å². The third-order valence-electron chi connectivity index (χ3n) is 3.38. The van der Waals surface area contributed by atoms with Crippen molar-refractivity contribution >= 4 is 5.97 Å². The number of methoxy groups -OCH3 is 1. The van der Waals surface area contributed by atoms with E-state index in [1.807, 2.05) is 4.90 Å². The van der Waals surface area contributed by atoms with Gasteiger partial charge in [0.2, 0.25) is 0 Å². The number of aliphatic carboxylic acids is 1. The van der Waals surface area contributed by atoms with Crippen LogP contribution in [0.25, 0.3) is 0 Å². The fourth-order valence-corrected chi connectivity index (χ4v) is 2.48. The second-order valence-electron chi connectivity index (χ2n) is 5.42. The number of ether oxygens (including phenoxy) is 1. The molecule has 4 heteroatoms. The molecule has 1 N–H and O–H groups in total. The van der Waals surface area contributed by atoms with Gasteiger partial charge < -0.3 is 9.84 Å². The third kappa shape index (κ3) is 4.10. The van der Waals surface area contributed by atoms with Crippen molar-refractivity contribution in [1.82, 2.24) is 4.90 Å². The van der Waals surface area contributed by atoms with Gasteiger partial charge in [0.15, 0.2) is 0 Å². The lowest BCUT2D eigenvalue weighted by Crippen LogP contribution is -2.40. The van der Waals surface area contributed by atoms with Crippen molar-refractivity contribution in [3.63, 3.8) is 0 Å². The zero-order valence-corrected chi connectivity index (χ0v) is 10.5. The molecule has 94 valence electrons. The van der Waals surface area contributed by atoms with E-state index in [4.69, 9.17) is 9.84 Å². The van der Waals surface area contributed by atoms with E-state index in [0.29, 0.717) is 24.6 Å². The summed E-state index contributed by atoms with van der Waals surface area (Å²) < 4.78 is 5.03. The van der Waals surface area contributed by atoms with E-state index in [1.54, 1.807) is 7.11 Å². The monoisotopic (exact) mass is 229 g/mol. The van der Waals surface area contributed by atoms with Gasteiger partial charge in [-0.25, -0.2) is 0 Å². The molecule has 1 aliphatic rings. The van der Waals surface area contributed by atoms with Gasteiger partial charge >= 0.3 is 5.97 Å². The molecule has 0 radical (unpaired) electrons. The summed E-state index contributed by atoms with van der Waals surface area (Å²) in [6.45, 7) is 5.95. The Hall–Kier alpha value is -0.610. The number of hydrogen-bond donors (Lipinski definition) is 1. The predicted octanol–water partition coefficient (Wildman–Crippen LogP) is 1.60. The van der Waals surface area contributed by atoms with Crippen LogP contribution in [-0.2, 0) is 9.53 Å². The molecule has 1 rings (SSSR count). The summed E-state index contributed by atoms with van der Waals surface area (Å²) in [5.41, 5.74) is 0.356. The van der Waals surface area contributed by atoms with Crippen molar-refractivity contribution in [2.24, 2.45) is 5.41 Å². The van der Waals surface area contributed by atoms with Crippen LogP contribution in [0.3, 0.4) is 0 Å². The number of nitrogens with zero attached hydrogens (tertiary/aromatic N) is 1. The minimum atomic E-state index is -0.749. The van der Waals surface area contributed by atoms with Crippen LogP contribution in [-0.4, -0.2) is 48.8 Å². The summed E-state index contributed by atoms with van der Waals surface area (Å²) in [4.78, 5) is 12.9. The average molecular weight is 229 g/mol. The maximum atomic E-state index is 10.8. The van der Waals surface area contributed by atoms with E-state index in [1.165, 1.54) is 6.42 Å². The van der Waals surface area contributed by atoms with E-state index in [0.717, 1.165) is 12.8 Å². The first-order valence-electron chi connectivity index (χ1n) is 5.89. The molecule has 0 aliphatic heterocycles. The molecule has 1 saturated carbocycles. The molecule has 4 nitrogen and oxygen atoms in total. The van der Waals surface area contributed by atoms with Crippen LogP contribution >= 0.6 is 0 Å². The van der Waals surface area contributed by atoms with E-state index < -0.39 is 5.97 Å². The molecule has 0 aromatic carbocycles. The van der Waals surface area contributed by atoms with E-state index in [9.17, 15) is 4.79 Å². The maximum Gasteiger partial charge on any atom is 0.317 e. The lowest BCUT2D eigenvalue weighted by molar-refractivity contribution is -0.139. The van der Waals surface area contributed by atoms with Crippen LogP contribution in [0.15, 0.2) is 0 Å². The molecule has 16 heavy (non-hydrogen) atoms.